The average Bonchev–Trinajstić information content (AvgIpc) is 2.33. The molecule has 1 aliphatic rings. The second kappa shape index (κ2) is 5.26. The van der Waals surface area contributed by atoms with Gasteiger partial charge in [-0.2, -0.15) is 0 Å². The minimum absolute atomic E-state index is 0.237. The van der Waals surface area contributed by atoms with Crippen LogP contribution in [0.5, 0.6) is 0 Å². The van der Waals surface area contributed by atoms with E-state index >= 15 is 0 Å². The van der Waals surface area contributed by atoms with Crippen LogP contribution < -0.4 is 5.32 Å². The van der Waals surface area contributed by atoms with E-state index in [0.29, 0.717) is 0 Å². The van der Waals surface area contributed by atoms with Crippen LogP contribution in [0.3, 0.4) is 0 Å². The van der Waals surface area contributed by atoms with Crippen molar-refractivity contribution in [3.8, 4) is 0 Å². The molecule has 4 heteroatoms. The van der Waals surface area contributed by atoms with Gasteiger partial charge in [0, 0.05) is 11.6 Å². The van der Waals surface area contributed by atoms with Crippen LogP contribution in [0.15, 0.2) is 30.3 Å². The van der Waals surface area contributed by atoms with Crippen molar-refractivity contribution in [1.29, 1.82) is 0 Å². The second-order valence-electron chi connectivity index (χ2n) is 5.42. The molecule has 0 spiro atoms. The fourth-order valence-electron chi connectivity index (χ4n) is 1.70. The van der Waals surface area contributed by atoms with E-state index in [2.05, 4.69) is 5.32 Å². The molecule has 2 unspecified atom stereocenters. The average molecular weight is 251 g/mol. The molecule has 0 bridgehead atoms. The number of ether oxygens (including phenoxy) is 1. The molecule has 1 fully saturated rings. The predicted octanol–water partition coefficient (Wildman–Crippen LogP) is 3.16. The number of hydrogen-bond acceptors (Lipinski definition) is 4. The van der Waals surface area contributed by atoms with Crippen LogP contribution in [0, 0.1) is 5.92 Å². The summed E-state index contributed by atoms with van der Waals surface area (Å²) in [6, 6.07) is 9.94. The molecule has 1 aromatic rings. The summed E-state index contributed by atoms with van der Waals surface area (Å²) >= 11 is 0. The standard InChI is InChI=1S/C14H21NO3/c1-10(2)12-16-13(14(3,4)18-17-12)15-11-8-6-5-7-9-11/h5-10,12-13,15H,1-4H3. The third kappa shape index (κ3) is 3.02. The van der Waals surface area contributed by atoms with Crippen LogP contribution in [0.25, 0.3) is 0 Å². The zero-order valence-corrected chi connectivity index (χ0v) is 11.3. The largest absolute Gasteiger partial charge is 0.358 e. The molecule has 2 atom stereocenters. The van der Waals surface area contributed by atoms with E-state index < -0.39 is 5.60 Å². The zero-order valence-electron chi connectivity index (χ0n) is 11.3. The number of nitrogens with one attached hydrogen (secondary N) is 1. The third-order valence-electron chi connectivity index (χ3n) is 2.88. The first-order valence-electron chi connectivity index (χ1n) is 6.30. The van der Waals surface area contributed by atoms with Gasteiger partial charge in [0.2, 0.25) is 0 Å². The summed E-state index contributed by atoms with van der Waals surface area (Å²) in [6.45, 7) is 7.94. The number of benzene rings is 1. The normalized spacial score (nSPS) is 27.2. The first-order valence-corrected chi connectivity index (χ1v) is 6.30. The lowest BCUT2D eigenvalue weighted by molar-refractivity contribution is -0.485. The van der Waals surface area contributed by atoms with Gasteiger partial charge in [-0.25, -0.2) is 9.78 Å². The van der Waals surface area contributed by atoms with Gasteiger partial charge >= 0.3 is 0 Å². The Labute approximate surface area is 108 Å². The van der Waals surface area contributed by atoms with Gasteiger partial charge < -0.3 is 10.1 Å². The molecule has 0 radical (unpaired) electrons. The molecule has 1 aliphatic heterocycles. The molecule has 4 nitrogen and oxygen atoms in total. The number of hydrogen-bond donors (Lipinski definition) is 1. The van der Waals surface area contributed by atoms with Crippen molar-refractivity contribution >= 4 is 5.69 Å². The van der Waals surface area contributed by atoms with E-state index in [-0.39, 0.29) is 18.4 Å². The maximum Gasteiger partial charge on any atom is 0.196 e. The first-order chi connectivity index (χ1) is 8.49. The second-order valence-corrected chi connectivity index (χ2v) is 5.42. The van der Waals surface area contributed by atoms with Crippen LogP contribution in [-0.2, 0) is 14.5 Å². The van der Waals surface area contributed by atoms with Crippen LogP contribution >= 0.6 is 0 Å². The molecule has 18 heavy (non-hydrogen) atoms. The third-order valence-corrected chi connectivity index (χ3v) is 2.88. The zero-order chi connectivity index (χ0) is 13.2. The molecule has 0 aliphatic carbocycles. The molecule has 0 amide bonds. The smallest absolute Gasteiger partial charge is 0.196 e. The fraction of sp³-hybridized carbons (Fsp3) is 0.571. The SMILES string of the molecule is CC(C)C1OOC(C)(C)C(Nc2ccccc2)O1. The Hall–Kier alpha value is -1.10. The molecule has 2 rings (SSSR count). The van der Waals surface area contributed by atoms with E-state index in [1.165, 1.54) is 0 Å². The molecular weight excluding hydrogens is 230 g/mol. The van der Waals surface area contributed by atoms with E-state index in [4.69, 9.17) is 14.5 Å². The monoisotopic (exact) mass is 251 g/mol. The van der Waals surface area contributed by atoms with Crippen molar-refractivity contribution < 1.29 is 14.5 Å². The van der Waals surface area contributed by atoms with Crippen molar-refractivity contribution in [1.82, 2.24) is 0 Å². The molecule has 100 valence electrons. The lowest BCUT2D eigenvalue weighted by Crippen LogP contribution is -2.54. The van der Waals surface area contributed by atoms with Gasteiger partial charge in [-0.15, -0.1) is 0 Å². The van der Waals surface area contributed by atoms with Gasteiger partial charge in [-0.3, -0.25) is 0 Å². The maximum atomic E-state index is 5.91. The molecular formula is C14H21NO3. The molecule has 1 N–H and O–H groups in total. The summed E-state index contributed by atoms with van der Waals surface area (Å²) < 4.78 is 5.91. The highest BCUT2D eigenvalue weighted by atomic mass is 17.2. The summed E-state index contributed by atoms with van der Waals surface area (Å²) in [4.78, 5) is 10.7. The van der Waals surface area contributed by atoms with Gasteiger partial charge in [0.1, 0.15) is 5.60 Å². The van der Waals surface area contributed by atoms with Crippen molar-refractivity contribution in [2.45, 2.75) is 45.8 Å². The fourth-order valence-corrected chi connectivity index (χ4v) is 1.70. The Bertz CT molecular complexity index is 378. The van der Waals surface area contributed by atoms with Gasteiger partial charge in [0.25, 0.3) is 0 Å². The Morgan fingerprint density at radius 2 is 1.83 bits per heavy atom. The summed E-state index contributed by atoms with van der Waals surface area (Å²) in [5.41, 5.74) is 0.463. The van der Waals surface area contributed by atoms with Crippen molar-refractivity contribution in [2.75, 3.05) is 5.32 Å². The molecule has 1 heterocycles. The molecule has 0 aromatic heterocycles. The summed E-state index contributed by atoms with van der Waals surface area (Å²) in [6.07, 6.45) is -0.597. The van der Waals surface area contributed by atoms with E-state index in [1.54, 1.807) is 0 Å². The van der Waals surface area contributed by atoms with Crippen molar-refractivity contribution in [3.05, 3.63) is 30.3 Å². The summed E-state index contributed by atoms with van der Waals surface area (Å²) in [5.74, 6) is 0.237. The highest BCUT2D eigenvalue weighted by Crippen LogP contribution is 2.29. The molecule has 1 aromatic carbocycles. The minimum Gasteiger partial charge on any atom is -0.358 e. The van der Waals surface area contributed by atoms with Crippen LogP contribution in [0.1, 0.15) is 27.7 Å². The van der Waals surface area contributed by atoms with E-state index in [9.17, 15) is 0 Å². The topological polar surface area (TPSA) is 39.7 Å². The predicted molar refractivity (Wildman–Crippen MR) is 69.8 cm³/mol. The summed E-state index contributed by atoms with van der Waals surface area (Å²) in [7, 11) is 0. The van der Waals surface area contributed by atoms with Crippen molar-refractivity contribution in [3.63, 3.8) is 0 Å². The van der Waals surface area contributed by atoms with Crippen LogP contribution in [-0.4, -0.2) is 18.1 Å². The highest BCUT2D eigenvalue weighted by Gasteiger charge is 2.41. The van der Waals surface area contributed by atoms with Gasteiger partial charge in [0.15, 0.2) is 12.5 Å². The van der Waals surface area contributed by atoms with Crippen LogP contribution in [0.2, 0.25) is 0 Å². The Kier molecular flexibility index (Phi) is 3.90. The quantitative estimate of drug-likeness (QED) is 0.838. The van der Waals surface area contributed by atoms with Crippen molar-refractivity contribution in [2.24, 2.45) is 5.92 Å². The number of anilines is 1. The first kappa shape index (κ1) is 13.3. The molecule has 1 saturated heterocycles. The van der Waals surface area contributed by atoms with E-state index in [1.807, 2.05) is 58.0 Å². The lowest BCUT2D eigenvalue weighted by atomic mass is 10.1. The lowest BCUT2D eigenvalue weighted by Gasteiger charge is -2.42. The van der Waals surface area contributed by atoms with E-state index in [0.717, 1.165) is 5.69 Å². The minimum atomic E-state index is -0.540. The number of rotatable bonds is 3. The Balaban J connectivity index is 2.08. The highest BCUT2D eigenvalue weighted by molar-refractivity contribution is 5.43. The Morgan fingerprint density at radius 3 is 2.44 bits per heavy atom. The molecule has 0 saturated carbocycles. The number of para-hydroxylation sites is 1. The van der Waals surface area contributed by atoms with Gasteiger partial charge in [-0.1, -0.05) is 32.0 Å². The van der Waals surface area contributed by atoms with Crippen LogP contribution in [0.4, 0.5) is 5.69 Å². The van der Waals surface area contributed by atoms with Gasteiger partial charge in [-0.05, 0) is 26.0 Å². The summed E-state index contributed by atoms with van der Waals surface area (Å²) in [5, 5.41) is 3.33. The maximum absolute atomic E-state index is 5.91. The van der Waals surface area contributed by atoms with Gasteiger partial charge in [0.05, 0.1) is 0 Å². The Morgan fingerprint density at radius 1 is 1.17 bits per heavy atom.